The number of likely N-dealkylation sites (N-methyl/N-ethyl adjacent to an activating group) is 1. The van der Waals surface area contributed by atoms with Crippen LogP contribution >= 0.6 is 0 Å². The summed E-state index contributed by atoms with van der Waals surface area (Å²) in [4.78, 5) is 2.37. The Bertz CT molecular complexity index is 307. The summed E-state index contributed by atoms with van der Waals surface area (Å²) in [6, 6.07) is 8.59. The van der Waals surface area contributed by atoms with Crippen molar-refractivity contribution < 1.29 is 4.74 Å². The van der Waals surface area contributed by atoms with Gasteiger partial charge in [-0.25, -0.2) is 0 Å². The third-order valence-corrected chi connectivity index (χ3v) is 3.12. The molecule has 0 saturated carbocycles. The lowest BCUT2D eigenvalue weighted by Gasteiger charge is -2.17. The molecule has 18 heavy (non-hydrogen) atoms. The van der Waals surface area contributed by atoms with Crippen molar-refractivity contribution in [2.45, 2.75) is 27.0 Å². The fourth-order valence-electron chi connectivity index (χ4n) is 1.88. The highest BCUT2D eigenvalue weighted by molar-refractivity contribution is 5.21. The first-order valence-electron chi connectivity index (χ1n) is 6.82. The van der Waals surface area contributed by atoms with Crippen LogP contribution in [0.4, 0.5) is 0 Å². The molecule has 0 fully saturated rings. The fourth-order valence-corrected chi connectivity index (χ4v) is 1.88. The fraction of sp³-hybridized carbons (Fsp3) is 0.600. The predicted octanol–water partition coefficient (Wildman–Crippen LogP) is 2.26. The maximum atomic E-state index is 5.70. The molecule has 3 nitrogen and oxygen atoms in total. The van der Waals surface area contributed by atoms with Gasteiger partial charge in [0, 0.05) is 13.1 Å². The number of nitrogens with zero attached hydrogens (tertiary/aromatic N) is 1. The van der Waals surface area contributed by atoms with Gasteiger partial charge in [0.05, 0.1) is 13.2 Å². The quantitative estimate of drug-likeness (QED) is 0.680. The average molecular weight is 250 g/mol. The lowest BCUT2D eigenvalue weighted by molar-refractivity contribution is 0.0956. The molecule has 1 aromatic rings. The molecular weight excluding hydrogens is 224 g/mol. The van der Waals surface area contributed by atoms with Gasteiger partial charge in [0.2, 0.25) is 0 Å². The molecule has 0 aliphatic rings. The molecule has 0 radical (unpaired) electrons. The van der Waals surface area contributed by atoms with Gasteiger partial charge in [-0.2, -0.15) is 0 Å². The Labute approximate surface area is 111 Å². The van der Waals surface area contributed by atoms with Crippen LogP contribution in [0.5, 0.6) is 0 Å². The van der Waals surface area contributed by atoms with Gasteiger partial charge in [-0.1, -0.05) is 38.1 Å². The number of ether oxygens (including phenoxy) is 1. The van der Waals surface area contributed by atoms with Crippen molar-refractivity contribution in [3.05, 3.63) is 35.4 Å². The van der Waals surface area contributed by atoms with Crippen LogP contribution in [0.1, 0.15) is 25.0 Å². The van der Waals surface area contributed by atoms with E-state index in [4.69, 9.17) is 4.74 Å². The molecule has 1 N–H and O–H groups in total. The molecular formula is C15H26N2O. The minimum atomic E-state index is 0.709. The van der Waals surface area contributed by atoms with E-state index in [1.54, 1.807) is 0 Å². The van der Waals surface area contributed by atoms with Gasteiger partial charge in [-0.3, -0.25) is 0 Å². The number of rotatable bonds is 9. The minimum Gasteiger partial charge on any atom is -0.375 e. The van der Waals surface area contributed by atoms with E-state index < -0.39 is 0 Å². The molecule has 0 amide bonds. The highest BCUT2D eigenvalue weighted by Gasteiger charge is 1.99. The SMILES string of the molecule is CCN(CC)CCOCc1ccc(CNC)cc1. The topological polar surface area (TPSA) is 24.5 Å². The maximum absolute atomic E-state index is 5.70. The van der Waals surface area contributed by atoms with Gasteiger partial charge >= 0.3 is 0 Å². The predicted molar refractivity (Wildman–Crippen MR) is 76.6 cm³/mol. The van der Waals surface area contributed by atoms with E-state index in [1.165, 1.54) is 11.1 Å². The summed E-state index contributed by atoms with van der Waals surface area (Å²) < 4.78 is 5.70. The van der Waals surface area contributed by atoms with Crippen LogP contribution in [0, 0.1) is 0 Å². The monoisotopic (exact) mass is 250 g/mol. The molecule has 0 unspecified atom stereocenters. The van der Waals surface area contributed by atoms with Crippen molar-refractivity contribution in [3.8, 4) is 0 Å². The number of hydrogen-bond donors (Lipinski definition) is 1. The van der Waals surface area contributed by atoms with Crippen LogP contribution in [0.15, 0.2) is 24.3 Å². The molecule has 3 heteroatoms. The maximum Gasteiger partial charge on any atom is 0.0717 e. The van der Waals surface area contributed by atoms with Crippen molar-refractivity contribution in [2.24, 2.45) is 0 Å². The Morgan fingerprint density at radius 3 is 2.22 bits per heavy atom. The van der Waals surface area contributed by atoms with Gasteiger partial charge < -0.3 is 15.0 Å². The van der Waals surface area contributed by atoms with E-state index in [0.29, 0.717) is 6.61 Å². The van der Waals surface area contributed by atoms with Gasteiger partial charge in [0.15, 0.2) is 0 Å². The highest BCUT2D eigenvalue weighted by Crippen LogP contribution is 2.05. The zero-order valence-corrected chi connectivity index (χ0v) is 11.9. The highest BCUT2D eigenvalue weighted by atomic mass is 16.5. The van der Waals surface area contributed by atoms with Crippen molar-refractivity contribution in [2.75, 3.05) is 33.3 Å². The average Bonchev–Trinajstić information content (AvgIpc) is 2.41. The summed E-state index contributed by atoms with van der Waals surface area (Å²) in [6.07, 6.45) is 0. The molecule has 1 rings (SSSR count). The van der Waals surface area contributed by atoms with Crippen molar-refractivity contribution in [1.82, 2.24) is 10.2 Å². The van der Waals surface area contributed by atoms with Crippen LogP contribution in [-0.2, 0) is 17.9 Å². The Hall–Kier alpha value is -0.900. The minimum absolute atomic E-state index is 0.709. The van der Waals surface area contributed by atoms with E-state index in [2.05, 4.69) is 48.3 Å². The Morgan fingerprint density at radius 2 is 1.67 bits per heavy atom. The molecule has 0 aliphatic carbocycles. The first kappa shape index (κ1) is 15.2. The lowest BCUT2D eigenvalue weighted by atomic mass is 10.1. The molecule has 0 aromatic heterocycles. The van der Waals surface area contributed by atoms with Crippen LogP contribution in [-0.4, -0.2) is 38.2 Å². The molecule has 0 heterocycles. The van der Waals surface area contributed by atoms with Crippen LogP contribution in [0.3, 0.4) is 0 Å². The van der Waals surface area contributed by atoms with Crippen LogP contribution < -0.4 is 5.32 Å². The zero-order valence-electron chi connectivity index (χ0n) is 11.9. The Kier molecular flexibility index (Phi) is 7.65. The molecule has 0 saturated heterocycles. The summed E-state index contributed by atoms with van der Waals surface area (Å²) in [7, 11) is 1.96. The third-order valence-electron chi connectivity index (χ3n) is 3.12. The molecule has 0 atom stereocenters. The second-order valence-corrected chi connectivity index (χ2v) is 4.43. The molecule has 102 valence electrons. The van der Waals surface area contributed by atoms with E-state index >= 15 is 0 Å². The summed E-state index contributed by atoms with van der Waals surface area (Å²) in [5.41, 5.74) is 2.55. The molecule has 0 aliphatic heterocycles. The molecule has 0 bridgehead atoms. The third kappa shape index (κ3) is 5.63. The second kappa shape index (κ2) is 9.09. The molecule has 1 aromatic carbocycles. The standard InChI is InChI=1S/C15H26N2O/c1-4-17(5-2)10-11-18-13-15-8-6-14(7-9-15)12-16-3/h6-9,16H,4-5,10-13H2,1-3H3. The number of hydrogen-bond acceptors (Lipinski definition) is 3. The van der Waals surface area contributed by atoms with Gasteiger partial charge in [-0.05, 0) is 31.3 Å². The van der Waals surface area contributed by atoms with Crippen LogP contribution in [0.2, 0.25) is 0 Å². The van der Waals surface area contributed by atoms with Gasteiger partial charge in [-0.15, -0.1) is 0 Å². The van der Waals surface area contributed by atoms with Crippen molar-refractivity contribution in [3.63, 3.8) is 0 Å². The lowest BCUT2D eigenvalue weighted by Crippen LogP contribution is -2.26. The second-order valence-electron chi connectivity index (χ2n) is 4.43. The normalized spacial score (nSPS) is 11.1. The first-order chi connectivity index (χ1) is 8.80. The Balaban J connectivity index is 2.22. The van der Waals surface area contributed by atoms with E-state index in [1.807, 2.05) is 7.05 Å². The zero-order chi connectivity index (χ0) is 13.2. The largest absolute Gasteiger partial charge is 0.375 e. The van der Waals surface area contributed by atoms with Crippen molar-refractivity contribution >= 4 is 0 Å². The summed E-state index contributed by atoms with van der Waals surface area (Å²) in [5, 5.41) is 3.14. The van der Waals surface area contributed by atoms with E-state index in [9.17, 15) is 0 Å². The summed E-state index contributed by atoms with van der Waals surface area (Å²) in [5.74, 6) is 0. The van der Waals surface area contributed by atoms with Crippen molar-refractivity contribution in [1.29, 1.82) is 0 Å². The summed E-state index contributed by atoms with van der Waals surface area (Å²) in [6.45, 7) is 10.0. The number of benzene rings is 1. The first-order valence-corrected chi connectivity index (χ1v) is 6.82. The van der Waals surface area contributed by atoms with E-state index in [-0.39, 0.29) is 0 Å². The van der Waals surface area contributed by atoms with Gasteiger partial charge in [0.25, 0.3) is 0 Å². The van der Waals surface area contributed by atoms with E-state index in [0.717, 1.165) is 32.8 Å². The smallest absolute Gasteiger partial charge is 0.0717 e. The van der Waals surface area contributed by atoms with Crippen LogP contribution in [0.25, 0.3) is 0 Å². The summed E-state index contributed by atoms with van der Waals surface area (Å²) >= 11 is 0. The molecule has 0 spiro atoms. The number of nitrogens with one attached hydrogen (secondary N) is 1. The van der Waals surface area contributed by atoms with Gasteiger partial charge in [0.1, 0.15) is 0 Å². The Morgan fingerprint density at radius 1 is 1.06 bits per heavy atom.